The van der Waals surface area contributed by atoms with Gasteiger partial charge in [0.2, 0.25) is 17.4 Å². The predicted molar refractivity (Wildman–Crippen MR) is 80.6 cm³/mol. The topological polar surface area (TPSA) is 56.3 Å². The van der Waals surface area contributed by atoms with Gasteiger partial charge in [-0.2, -0.15) is 17.2 Å². The fourth-order valence-electron chi connectivity index (χ4n) is 2.22. The Hall–Kier alpha value is -2.68. The number of rotatable bonds is 3. The molecular formula is C16H9F4NO3S. The SMILES string of the molecule is Cc1cnc2c(S(=O)(=O)Oc3c(F)c(F)cc(F)c3F)cccc2c1. The van der Waals surface area contributed by atoms with Gasteiger partial charge in [0.15, 0.2) is 11.6 Å². The standard InChI is InChI=1S/C16H9F4NO3S/c1-8-5-9-3-2-4-12(15(9)21-7-8)25(22,23)24-16-13(19)10(17)6-11(18)14(16)20/h2-7H,1H3. The van der Waals surface area contributed by atoms with Crippen molar-refractivity contribution in [1.82, 2.24) is 4.98 Å². The Kier molecular flexibility index (Phi) is 4.11. The van der Waals surface area contributed by atoms with E-state index in [1.54, 1.807) is 19.1 Å². The lowest BCUT2D eigenvalue weighted by Gasteiger charge is -2.11. The molecule has 25 heavy (non-hydrogen) atoms. The zero-order valence-corrected chi connectivity index (χ0v) is 13.4. The number of aromatic nitrogens is 1. The lowest BCUT2D eigenvalue weighted by atomic mass is 10.2. The zero-order chi connectivity index (χ0) is 18.4. The van der Waals surface area contributed by atoms with E-state index >= 15 is 0 Å². The van der Waals surface area contributed by atoms with Crippen molar-refractivity contribution in [2.45, 2.75) is 11.8 Å². The fourth-order valence-corrected chi connectivity index (χ4v) is 3.33. The summed E-state index contributed by atoms with van der Waals surface area (Å²) < 4.78 is 82.9. The highest BCUT2D eigenvalue weighted by molar-refractivity contribution is 7.87. The summed E-state index contributed by atoms with van der Waals surface area (Å²) in [6.07, 6.45) is 1.39. The van der Waals surface area contributed by atoms with Gasteiger partial charge < -0.3 is 4.18 Å². The Bertz CT molecular complexity index is 1070. The third kappa shape index (κ3) is 3.02. The quantitative estimate of drug-likeness (QED) is 0.399. The van der Waals surface area contributed by atoms with E-state index in [2.05, 4.69) is 9.17 Å². The Morgan fingerprint density at radius 1 is 1.00 bits per heavy atom. The first kappa shape index (κ1) is 17.2. The van der Waals surface area contributed by atoms with Gasteiger partial charge in [0.05, 0.1) is 5.52 Å². The third-order valence-corrected chi connectivity index (χ3v) is 4.60. The van der Waals surface area contributed by atoms with Gasteiger partial charge in [-0.1, -0.05) is 12.1 Å². The first-order valence-electron chi connectivity index (χ1n) is 6.83. The Morgan fingerprint density at radius 2 is 1.64 bits per heavy atom. The predicted octanol–water partition coefficient (Wildman–Crippen LogP) is 3.87. The molecule has 1 aromatic heterocycles. The lowest BCUT2D eigenvalue weighted by Crippen LogP contribution is -2.14. The second-order valence-corrected chi connectivity index (χ2v) is 6.69. The normalized spacial score (nSPS) is 11.7. The van der Waals surface area contributed by atoms with E-state index < -0.39 is 44.0 Å². The second kappa shape index (κ2) is 5.99. The van der Waals surface area contributed by atoms with Crippen LogP contribution in [0.15, 0.2) is 41.4 Å². The molecule has 0 amide bonds. The average Bonchev–Trinajstić information content (AvgIpc) is 2.56. The third-order valence-electron chi connectivity index (χ3n) is 3.34. The number of pyridine rings is 1. The number of benzene rings is 2. The summed E-state index contributed by atoms with van der Waals surface area (Å²) in [5.74, 6) is -9.15. The lowest BCUT2D eigenvalue weighted by molar-refractivity contribution is 0.389. The van der Waals surface area contributed by atoms with E-state index in [1.807, 2.05) is 0 Å². The van der Waals surface area contributed by atoms with Crippen molar-refractivity contribution in [3.63, 3.8) is 0 Å². The van der Waals surface area contributed by atoms with Crippen LogP contribution in [0.2, 0.25) is 0 Å². The van der Waals surface area contributed by atoms with Crippen molar-refractivity contribution in [1.29, 1.82) is 0 Å². The summed E-state index contributed by atoms with van der Waals surface area (Å²) in [5, 5.41) is 0.441. The molecule has 1 heterocycles. The van der Waals surface area contributed by atoms with E-state index in [1.165, 1.54) is 12.3 Å². The maximum absolute atomic E-state index is 13.7. The van der Waals surface area contributed by atoms with Crippen molar-refractivity contribution < 1.29 is 30.2 Å². The number of fused-ring (bicyclic) bond motifs is 1. The molecule has 130 valence electrons. The average molecular weight is 371 g/mol. The molecule has 0 unspecified atom stereocenters. The van der Waals surface area contributed by atoms with Gasteiger partial charge in [-0.15, -0.1) is 0 Å². The summed E-state index contributed by atoms with van der Waals surface area (Å²) in [6.45, 7) is 1.74. The van der Waals surface area contributed by atoms with Gasteiger partial charge in [0.1, 0.15) is 4.90 Å². The molecule has 0 saturated carbocycles. The minimum absolute atomic E-state index is 0.00853. The van der Waals surface area contributed by atoms with Crippen LogP contribution in [-0.2, 0) is 10.1 Å². The molecule has 0 aliphatic heterocycles. The highest BCUT2D eigenvalue weighted by atomic mass is 32.2. The molecular weight excluding hydrogens is 362 g/mol. The maximum Gasteiger partial charge on any atom is 0.341 e. The molecule has 0 atom stereocenters. The highest BCUT2D eigenvalue weighted by Gasteiger charge is 2.28. The van der Waals surface area contributed by atoms with Crippen LogP contribution < -0.4 is 4.18 Å². The van der Waals surface area contributed by atoms with Gasteiger partial charge in [-0.05, 0) is 24.6 Å². The summed E-state index contributed by atoms with van der Waals surface area (Å²) in [5.41, 5.74) is 0.748. The van der Waals surface area contributed by atoms with Crippen molar-refractivity contribution in [3.8, 4) is 5.75 Å². The van der Waals surface area contributed by atoms with Crippen LogP contribution in [0.25, 0.3) is 10.9 Å². The smallest absolute Gasteiger partial charge is 0.341 e. The molecule has 9 heteroatoms. The van der Waals surface area contributed by atoms with E-state index in [-0.39, 0.29) is 11.6 Å². The van der Waals surface area contributed by atoms with Crippen molar-refractivity contribution in [2.24, 2.45) is 0 Å². The van der Waals surface area contributed by atoms with E-state index in [0.717, 1.165) is 11.6 Å². The molecule has 0 spiro atoms. The zero-order valence-electron chi connectivity index (χ0n) is 12.6. The van der Waals surface area contributed by atoms with Crippen molar-refractivity contribution in [2.75, 3.05) is 0 Å². The van der Waals surface area contributed by atoms with Crippen LogP contribution in [0, 0.1) is 30.2 Å². The van der Waals surface area contributed by atoms with E-state index in [0.29, 0.717) is 5.39 Å². The van der Waals surface area contributed by atoms with E-state index in [4.69, 9.17) is 0 Å². The summed E-state index contributed by atoms with van der Waals surface area (Å²) >= 11 is 0. The maximum atomic E-state index is 13.7. The molecule has 0 radical (unpaired) electrons. The number of hydrogen-bond donors (Lipinski definition) is 0. The Labute approximate surface area is 139 Å². The van der Waals surface area contributed by atoms with Crippen LogP contribution >= 0.6 is 0 Å². The molecule has 0 aliphatic rings. The molecule has 0 N–H and O–H groups in total. The first-order valence-corrected chi connectivity index (χ1v) is 8.24. The van der Waals surface area contributed by atoms with Crippen LogP contribution in [-0.4, -0.2) is 13.4 Å². The largest absolute Gasteiger partial charge is 0.372 e. The first-order chi connectivity index (χ1) is 11.7. The molecule has 2 aromatic carbocycles. The Morgan fingerprint density at radius 3 is 2.28 bits per heavy atom. The second-order valence-electron chi connectivity index (χ2n) is 5.18. The summed E-state index contributed by atoms with van der Waals surface area (Å²) in [7, 11) is -4.81. The van der Waals surface area contributed by atoms with Crippen LogP contribution in [0.5, 0.6) is 5.75 Å². The Balaban J connectivity index is 2.17. The number of para-hydroxylation sites is 1. The highest BCUT2D eigenvalue weighted by Crippen LogP contribution is 2.31. The van der Waals surface area contributed by atoms with Crippen molar-refractivity contribution in [3.05, 3.63) is 65.4 Å². The molecule has 0 saturated heterocycles. The van der Waals surface area contributed by atoms with Gasteiger partial charge >= 0.3 is 10.1 Å². The molecule has 3 rings (SSSR count). The number of hydrogen-bond acceptors (Lipinski definition) is 4. The van der Waals surface area contributed by atoms with Gasteiger partial charge in [0, 0.05) is 17.6 Å². The monoisotopic (exact) mass is 371 g/mol. The molecule has 4 nitrogen and oxygen atoms in total. The van der Waals surface area contributed by atoms with Crippen LogP contribution in [0.1, 0.15) is 5.56 Å². The minimum atomic E-state index is -4.81. The number of aryl methyl sites for hydroxylation is 1. The fraction of sp³-hybridized carbons (Fsp3) is 0.0625. The van der Waals surface area contributed by atoms with Gasteiger partial charge in [-0.3, -0.25) is 4.98 Å². The number of halogens is 4. The van der Waals surface area contributed by atoms with E-state index in [9.17, 15) is 26.0 Å². The molecule has 0 bridgehead atoms. The minimum Gasteiger partial charge on any atom is -0.372 e. The molecule has 3 aromatic rings. The van der Waals surface area contributed by atoms with Crippen molar-refractivity contribution >= 4 is 21.0 Å². The van der Waals surface area contributed by atoms with Crippen LogP contribution in [0.3, 0.4) is 0 Å². The molecule has 0 fully saturated rings. The molecule has 0 aliphatic carbocycles. The van der Waals surface area contributed by atoms with Gasteiger partial charge in [0.25, 0.3) is 0 Å². The number of nitrogens with zero attached hydrogens (tertiary/aromatic N) is 1. The summed E-state index contributed by atoms with van der Waals surface area (Å²) in [4.78, 5) is 3.48. The summed E-state index contributed by atoms with van der Waals surface area (Å²) in [6, 6.07) is 5.65. The van der Waals surface area contributed by atoms with Gasteiger partial charge in [-0.25, -0.2) is 8.78 Å². The van der Waals surface area contributed by atoms with Crippen LogP contribution in [0.4, 0.5) is 17.6 Å².